The molecule has 0 unspecified atom stereocenters. The molecule has 1 aliphatic heterocycles. The molecule has 6 heteroatoms. The van der Waals surface area contributed by atoms with Gasteiger partial charge in [0.05, 0.1) is 29.0 Å². The fourth-order valence-electron chi connectivity index (χ4n) is 3.59. The minimum absolute atomic E-state index is 0.0163. The number of hydrogen-bond donors (Lipinski definition) is 1. The number of rotatable bonds is 4. The third kappa shape index (κ3) is 3.29. The van der Waals surface area contributed by atoms with Crippen LogP contribution in [0.5, 0.6) is 5.75 Å². The Kier molecular flexibility index (Phi) is 5.13. The lowest BCUT2D eigenvalue weighted by atomic mass is 10.0. The van der Waals surface area contributed by atoms with E-state index in [1.807, 2.05) is 67.9 Å². The third-order valence-corrected chi connectivity index (χ3v) is 6.10. The number of carbonyl (C=O) groups is 1. The number of benzene rings is 2. The number of nitrogens with zero attached hydrogens (tertiary/aromatic N) is 2. The van der Waals surface area contributed by atoms with Gasteiger partial charge in [-0.05, 0) is 38.5 Å². The molecule has 0 aliphatic carbocycles. The number of hydrogen-bond acceptors (Lipinski definition) is 4. The van der Waals surface area contributed by atoms with E-state index in [2.05, 4.69) is 11.4 Å². The molecule has 3 aromatic rings. The minimum Gasteiger partial charge on any atom is -0.494 e. The first kappa shape index (κ1) is 18.6. The lowest BCUT2D eigenvalue weighted by molar-refractivity contribution is -0.113. The van der Waals surface area contributed by atoms with Crippen LogP contribution in [0, 0.1) is 13.8 Å². The van der Waals surface area contributed by atoms with Gasteiger partial charge in [-0.1, -0.05) is 36.4 Å². The molecule has 1 amide bonds. The first-order valence-corrected chi connectivity index (χ1v) is 10.4. The Hall–Kier alpha value is -2.73. The SMILES string of the molecule is CCOc1ccccc1[C@@H]1SCC(=O)Nc2c1c(C)nn2-c1ccccc1C. The predicted octanol–water partition coefficient (Wildman–Crippen LogP) is 4.66. The van der Waals surface area contributed by atoms with Crippen LogP contribution in [-0.4, -0.2) is 28.0 Å². The Morgan fingerprint density at radius 2 is 1.93 bits per heavy atom. The summed E-state index contributed by atoms with van der Waals surface area (Å²) in [5, 5.41) is 7.85. The van der Waals surface area contributed by atoms with Crippen molar-refractivity contribution in [3.63, 3.8) is 0 Å². The largest absolute Gasteiger partial charge is 0.494 e. The maximum Gasteiger partial charge on any atom is 0.235 e. The zero-order chi connectivity index (χ0) is 19.7. The predicted molar refractivity (Wildman–Crippen MR) is 114 cm³/mol. The maximum atomic E-state index is 12.5. The van der Waals surface area contributed by atoms with Gasteiger partial charge in [0.1, 0.15) is 11.6 Å². The zero-order valence-electron chi connectivity index (χ0n) is 16.2. The monoisotopic (exact) mass is 393 g/mol. The highest BCUT2D eigenvalue weighted by atomic mass is 32.2. The van der Waals surface area contributed by atoms with Crippen LogP contribution in [-0.2, 0) is 4.79 Å². The van der Waals surface area contributed by atoms with Gasteiger partial charge in [0, 0.05) is 11.1 Å². The topological polar surface area (TPSA) is 56.1 Å². The van der Waals surface area contributed by atoms with Crippen molar-refractivity contribution >= 4 is 23.5 Å². The Morgan fingerprint density at radius 1 is 1.18 bits per heavy atom. The van der Waals surface area contributed by atoms with Crippen LogP contribution in [0.2, 0.25) is 0 Å². The van der Waals surface area contributed by atoms with Crippen LogP contribution >= 0.6 is 11.8 Å². The summed E-state index contributed by atoms with van der Waals surface area (Å²) in [7, 11) is 0. The van der Waals surface area contributed by atoms with Crippen LogP contribution in [0.15, 0.2) is 48.5 Å². The van der Waals surface area contributed by atoms with Gasteiger partial charge >= 0.3 is 0 Å². The summed E-state index contributed by atoms with van der Waals surface area (Å²) in [6.45, 7) is 6.63. The molecule has 1 aromatic heterocycles. The van der Waals surface area contributed by atoms with Crippen LogP contribution in [0.3, 0.4) is 0 Å². The van der Waals surface area contributed by atoms with E-state index in [1.54, 1.807) is 11.8 Å². The first-order valence-electron chi connectivity index (χ1n) is 9.38. The number of anilines is 1. The van der Waals surface area contributed by atoms with E-state index in [0.29, 0.717) is 12.4 Å². The smallest absolute Gasteiger partial charge is 0.235 e. The Labute approximate surface area is 169 Å². The number of fused-ring (bicyclic) bond motifs is 1. The van der Waals surface area contributed by atoms with E-state index in [0.717, 1.165) is 39.6 Å². The molecule has 0 saturated heterocycles. The van der Waals surface area contributed by atoms with Gasteiger partial charge in [0.2, 0.25) is 5.91 Å². The van der Waals surface area contributed by atoms with E-state index in [9.17, 15) is 4.79 Å². The van der Waals surface area contributed by atoms with Crippen molar-refractivity contribution in [2.45, 2.75) is 26.0 Å². The number of thioether (sulfide) groups is 1. The maximum absolute atomic E-state index is 12.5. The summed E-state index contributed by atoms with van der Waals surface area (Å²) in [6.07, 6.45) is 0. The summed E-state index contributed by atoms with van der Waals surface area (Å²) < 4.78 is 7.74. The molecule has 1 aliphatic rings. The minimum atomic E-state index is -0.0329. The van der Waals surface area contributed by atoms with E-state index in [4.69, 9.17) is 9.84 Å². The molecule has 5 nitrogen and oxygen atoms in total. The molecular formula is C22H23N3O2S. The van der Waals surface area contributed by atoms with Crippen molar-refractivity contribution < 1.29 is 9.53 Å². The first-order chi connectivity index (χ1) is 13.6. The van der Waals surface area contributed by atoms with Gasteiger partial charge in [0.25, 0.3) is 0 Å². The molecule has 144 valence electrons. The molecule has 2 aromatic carbocycles. The fraction of sp³-hybridized carbons (Fsp3) is 0.273. The van der Waals surface area contributed by atoms with Gasteiger partial charge in [-0.15, -0.1) is 11.8 Å². The molecule has 4 rings (SSSR count). The quantitative estimate of drug-likeness (QED) is 0.700. The van der Waals surface area contributed by atoms with Crippen LogP contribution < -0.4 is 10.1 Å². The molecule has 0 fully saturated rings. The summed E-state index contributed by atoms with van der Waals surface area (Å²) in [5.74, 6) is 1.97. The second kappa shape index (κ2) is 7.72. The highest BCUT2D eigenvalue weighted by Crippen LogP contribution is 2.46. The second-order valence-corrected chi connectivity index (χ2v) is 7.85. The number of para-hydroxylation sites is 2. The normalized spacial score (nSPS) is 16.2. The second-order valence-electron chi connectivity index (χ2n) is 6.76. The van der Waals surface area contributed by atoms with Gasteiger partial charge in [0.15, 0.2) is 0 Å². The molecule has 1 atom stereocenters. The number of nitrogens with one attached hydrogen (secondary N) is 1. The van der Waals surface area contributed by atoms with E-state index < -0.39 is 0 Å². The van der Waals surface area contributed by atoms with E-state index in [-0.39, 0.29) is 11.2 Å². The van der Waals surface area contributed by atoms with Gasteiger partial charge in [-0.3, -0.25) is 4.79 Å². The number of ether oxygens (including phenoxy) is 1. The highest BCUT2D eigenvalue weighted by molar-refractivity contribution is 8.00. The van der Waals surface area contributed by atoms with Crippen molar-refractivity contribution in [3.8, 4) is 11.4 Å². The average Bonchev–Trinajstić information content (AvgIpc) is 2.89. The third-order valence-electron chi connectivity index (χ3n) is 4.85. The Balaban J connectivity index is 1.91. The molecule has 0 saturated carbocycles. The average molecular weight is 394 g/mol. The molecule has 1 N–H and O–H groups in total. The molecule has 0 bridgehead atoms. The van der Waals surface area contributed by atoms with E-state index in [1.165, 1.54) is 0 Å². The molecule has 0 radical (unpaired) electrons. The summed E-state index contributed by atoms with van der Waals surface area (Å²) in [4.78, 5) is 12.5. The lowest BCUT2D eigenvalue weighted by Crippen LogP contribution is -2.16. The van der Waals surface area contributed by atoms with Crippen molar-refractivity contribution in [2.24, 2.45) is 0 Å². The summed E-state index contributed by atoms with van der Waals surface area (Å²) in [5.41, 5.74) is 5.08. The molecule has 28 heavy (non-hydrogen) atoms. The van der Waals surface area contributed by atoms with Crippen molar-refractivity contribution in [1.29, 1.82) is 0 Å². The molecule has 0 spiro atoms. The molecule has 2 heterocycles. The zero-order valence-corrected chi connectivity index (χ0v) is 17.0. The standard InChI is InChI=1S/C22H23N3O2S/c1-4-27-18-12-8-6-10-16(18)21-20-15(3)24-25(17-11-7-5-9-14(17)2)22(20)23-19(26)13-28-21/h5-12,21H,4,13H2,1-3H3,(H,23,26)/t21-/m0/s1. The summed E-state index contributed by atoms with van der Waals surface area (Å²) >= 11 is 1.61. The number of aryl methyl sites for hydroxylation is 2. The Bertz CT molecular complexity index is 1030. The number of aromatic nitrogens is 2. The lowest BCUT2D eigenvalue weighted by Gasteiger charge is -2.19. The van der Waals surface area contributed by atoms with E-state index >= 15 is 0 Å². The van der Waals surface area contributed by atoms with Crippen molar-refractivity contribution in [1.82, 2.24) is 9.78 Å². The van der Waals surface area contributed by atoms with Gasteiger partial charge < -0.3 is 10.1 Å². The van der Waals surface area contributed by atoms with Crippen LogP contribution in [0.25, 0.3) is 5.69 Å². The molecular weight excluding hydrogens is 370 g/mol. The number of carbonyl (C=O) groups excluding carboxylic acids is 1. The summed E-state index contributed by atoms with van der Waals surface area (Å²) in [6, 6.07) is 16.1. The van der Waals surface area contributed by atoms with Crippen molar-refractivity contribution in [3.05, 3.63) is 70.9 Å². The van der Waals surface area contributed by atoms with Gasteiger partial charge in [-0.2, -0.15) is 5.10 Å². The van der Waals surface area contributed by atoms with Gasteiger partial charge in [-0.25, -0.2) is 4.68 Å². The van der Waals surface area contributed by atoms with Crippen molar-refractivity contribution in [2.75, 3.05) is 17.7 Å². The van der Waals surface area contributed by atoms with Crippen LogP contribution in [0.1, 0.15) is 34.6 Å². The fourth-order valence-corrected chi connectivity index (χ4v) is 4.80. The highest BCUT2D eigenvalue weighted by Gasteiger charge is 2.32. The Morgan fingerprint density at radius 3 is 2.71 bits per heavy atom. The number of amides is 1. The van der Waals surface area contributed by atoms with Crippen LogP contribution in [0.4, 0.5) is 5.82 Å².